The van der Waals surface area contributed by atoms with Gasteiger partial charge in [-0.3, -0.25) is 14.8 Å². The van der Waals surface area contributed by atoms with Crippen molar-refractivity contribution in [3.05, 3.63) is 51.1 Å². The zero-order valence-electron chi connectivity index (χ0n) is 11.2. The summed E-state index contributed by atoms with van der Waals surface area (Å²) in [5.74, 6) is -1.06. The van der Waals surface area contributed by atoms with Crippen molar-refractivity contribution in [2.24, 2.45) is 7.05 Å². The number of rotatable bonds is 3. The predicted octanol–water partition coefficient (Wildman–Crippen LogP) is 2.64. The molecule has 2 aromatic rings. The van der Waals surface area contributed by atoms with Crippen LogP contribution in [0.15, 0.2) is 18.2 Å². The van der Waals surface area contributed by atoms with E-state index < -0.39 is 16.9 Å². The predicted molar refractivity (Wildman–Crippen MR) is 66.6 cm³/mol. The molecule has 0 radical (unpaired) electrons. The summed E-state index contributed by atoms with van der Waals surface area (Å²) >= 11 is 0. The van der Waals surface area contributed by atoms with Crippen LogP contribution >= 0.6 is 0 Å². The molecule has 0 saturated carbocycles. The smallest absolute Gasteiger partial charge is 0.258 e. The average Bonchev–Trinajstić information content (AvgIpc) is 2.70. The van der Waals surface area contributed by atoms with Crippen molar-refractivity contribution in [1.29, 1.82) is 0 Å². The summed E-state index contributed by atoms with van der Waals surface area (Å²) in [6, 6.07) is 4.37. The number of hydrogen-bond acceptors (Lipinski definition) is 4. The SMILES string of the molecule is Cc1cc(Cc2nc(C(F)(F)F)nn2C)ccc1[N+](=O)[O-]. The normalized spacial score (nSPS) is 11.7. The number of nitro benzene ring substituents is 1. The second-order valence-corrected chi connectivity index (χ2v) is 4.53. The number of alkyl halides is 3. The third-order valence-electron chi connectivity index (χ3n) is 2.93. The minimum Gasteiger partial charge on any atom is -0.258 e. The van der Waals surface area contributed by atoms with Crippen molar-refractivity contribution < 1.29 is 18.1 Å². The van der Waals surface area contributed by atoms with E-state index in [4.69, 9.17) is 0 Å². The van der Waals surface area contributed by atoms with Gasteiger partial charge in [-0.25, -0.2) is 4.98 Å². The lowest BCUT2D eigenvalue weighted by molar-refractivity contribution is -0.385. The Hall–Kier alpha value is -2.45. The first kappa shape index (κ1) is 14.9. The van der Waals surface area contributed by atoms with E-state index in [1.807, 2.05) is 0 Å². The Labute approximate surface area is 117 Å². The average molecular weight is 300 g/mol. The first-order valence-corrected chi connectivity index (χ1v) is 5.89. The maximum Gasteiger partial charge on any atom is 0.453 e. The van der Waals surface area contributed by atoms with E-state index in [0.29, 0.717) is 11.1 Å². The Kier molecular flexibility index (Phi) is 3.67. The fourth-order valence-electron chi connectivity index (χ4n) is 1.91. The maximum absolute atomic E-state index is 12.5. The van der Waals surface area contributed by atoms with E-state index in [0.717, 1.165) is 4.68 Å². The molecular formula is C12H11F3N4O2. The molecule has 0 aliphatic carbocycles. The molecule has 1 aromatic heterocycles. The van der Waals surface area contributed by atoms with E-state index in [1.54, 1.807) is 13.0 Å². The highest BCUT2D eigenvalue weighted by Crippen LogP contribution is 2.27. The van der Waals surface area contributed by atoms with Crippen LogP contribution in [0.5, 0.6) is 0 Å². The Balaban J connectivity index is 2.29. The molecule has 0 aliphatic rings. The molecule has 0 saturated heterocycles. The standard InChI is InChI=1S/C12H11F3N4O2/c1-7-5-8(3-4-9(7)19(20)21)6-10-16-11(12(13,14)15)17-18(10)2/h3-5H,6H2,1-2H3. The second-order valence-electron chi connectivity index (χ2n) is 4.53. The molecule has 1 aromatic carbocycles. The highest BCUT2D eigenvalue weighted by Gasteiger charge is 2.36. The van der Waals surface area contributed by atoms with Crippen LogP contribution < -0.4 is 0 Å². The van der Waals surface area contributed by atoms with Gasteiger partial charge in [-0.05, 0) is 18.6 Å². The van der Waals surface area contributed by atoms with Gasteiger partial charge in [0.05, 0.1) is 4.92 Å². The minimum absolute atomic E-state index is 0.0345. The molecule has 6 nitrogen and oxygen atoms in total. The Morgan fingerprint density at radius 2 is 2.05 bits per heavy atom. The largest absolute Gasteiger partial charge is 0.453 e. The molecule has 9 heteroatoms. The van der Waals surface area contributed by atoms with Crippen LogP contribution in [0.2, 0.25) is 0 Å². The highest BCUT2D eigenvalue weighted by atomic mass is 19.4. The van der Waals surface area contributed by atoms with Gasteiger partial charge in [0, 0.05) is 25.1 Å². The van der Waals surface area contributed by atoms with Crippen LogP contribution in [0.1, 0.15) is 22.8 Å². The number of hydrogen-bond donors (Lipinski definition) is 0. The maximum atomic E-state index is 12.5. The quantitative estimate of drug-likeness (QED) is 0.645. The Bertz CT molecular complexity index is 694. The van der Waals surface area contributed by atoms with Crippen LogP contribution in [-0.2, 0) is 19.6 Å². The van der Waals surface area contributed by atoms with Gasteiger partial charge in [-0.15, -0.1) is 5.10 Å². The van der Waals surface area contributed by atoms with Crippen molar-refractivity contribution >= 4 is 5.69 Å². The summed E-state index contributed by atoms with van der Waals surface area (Å²) in [4.78, 5) is 13.7. The molecule has 0 N–H and O–H groups in total. The molecule has 0 atom stereocenters. The third kappa shape index (κ3) is 3.18. The van der Waals surface area contributed by atoms with Gasteiger partial charge in [0.1, 0.15) is 5.82 Å². The van der Waals surface area contributed by atoms with Crippen LogP contribution in [0.25, 0.3) is 0 Å². The number of halogens is 3. The molecule has 1 heterocycles. The van der Waals surface area contributed by atoms with Gasteiger partial charge in [-0.1, -0.05) is 6.07 Å². The van der Waals surface area contributed by atoms with E-state index in [1.165, 1.54) is 19.2 Å². The molecule has 0 amide bonds. The summed E-state index contributed by atoms with van der Waals surface area (Å²) < 4.78 is 38.6. The number of aromatic nitrogens is 3. The van der Waals surface area contributed by atoms with Gasteiger partial charge in [0.15, 0.2) is 0 Å². The van der Waals surface area contributed by atoms with E-state index in [9.17, 15) is 23.3 Å². The van der Waals surface area contributed by atoms with Gasteiger partial charge < -0.3 is 0 Å². The van der Waals surface area contributed by atoms with Crippen LogP contribution in [0.4, 0.5) is 18.9 Å². The fraction of sp³-hybridized carbons (Fsp3) is 0.333. The zero-order valence-corrected chi connectivity index (χ0v) is 11.2. The molecule has 0 spiro atoms. The van der Waals surface area contributed by atoms with E-state index in [2.05, 4.69) is 10.1 Å². The Morgan fingerprint density at radius 1 is 1.38 bits per heavy atom. The summed E-state index contributed by atoms with van der Waals surface area (Å²) in [6.45, 7) is 1.57. The van der Waals surface area contributed by atoms with Crippen molar-refractivity contribution in [3.63, 3.8) is 0 Å². The number of nitrogens with zero attached hydrogens (tertiary/aromatic N) is 4. The Morgan fingerprint density at radius 3 is 2.52 bits per heavy atom. The van der Waals surface area contributed by atoms with Crippen molar-refractivity contribution in [2.75, 3.05) is 0 Å². The highest BCUT2D eigenvalue weighted by molar-refractivity contribution is 5.42. The lowest BCUT2D eigenvalue weighted by atomic mass is 10.1. The third-order valence-corrected chi connectivity index (χ3v) is 2.93. The molecule has 0 fully saturated rings. The summed E-state index contributed by atoms with van der Waals surface area (Å²) in [7, 11) is 1.37. The molecule has 2 rings (SSSR count). The van der Waals surface area contributed by atoms with Crippen molar-refractivity contribution in [2.45, 2.75) is 19.5 Å². The molecule has 112 valence electrons. The lowest BCUT2D eigenvalue weighted by Gasteiger charge is -2.03. The molecule has 0 unspecified atom stereocenters. The van der Waals surface area contributed by atoms with Gasteiger partial charge in [0.2, 0.25) is 0 Å². The van der Waals surface area contributed by atoms with Crippen LogP contribution in [0.3, 0.4) is 0 Å². The molecular weight excluding hydrogens is 289 g/mol. The van der Waals surface area contributed by atoms with Gasteiger partial charge in [-0.2, -0.15) is 13.2 Å². The first-order valence-electron chi connectivity index (χ1n) is 5.89. The topological polar surface area (TPSA) is 73.8 Å². The zero-order chi connectivity index (χ0) is 15.8. The molecule has 0 bridgehead atoms. The van der Waals surface area contributed by atoms with E-state index >= 15 is 0 Å². The number of benzene rings is 1. The lowest BCUT2D eigenvalue weighted by Crippen LogP contribution is -2.08. The van der Waals surface area contributed by atoms with Crippen LogP contribution in [-0.4, -0.2) is 19.7 Å². The second kappa shape index (κ2) is 5.15. The molecule has 21 heavy (non-hydrogen) atoms. The van der Waals surface area contributed by atoms with Crippen molar-refractivity contribution in [1.82, 2.24) is 14.8 Å². The van der Waals surface area contributed by atoms with Gasteiger partial charge >= 0.3 is 6.18 Å². The monoisotopic (exact) mass is 300 g/mol. The van der Waals surface area contributed by atoms with E-state index in [-0.39, 0.29) is 17.9 Å². The van der Waals surface area contributed by atoms with Crippen molar-refractivity contribution in [3.8, 4) is 0 Å². The summed E-state index contributed by atoms with van der Waals surface area (Å²) in [5, 5.41) is 14.0. The molecule has 0 aliphatic heterocycles. The number of aryl methyl sites for hydroxylation is 2. The first-order chi connectivity index (χ1) is 9.68. The summed E-state index contributed by atoms with van der Waals surface area (Å²) in [6.07, 6.45) is -4.49. The minimum atomic E-state index is -4.60. The van der Waals surface area contributed by atoms with Gasteiger partial charge in [0.25, 0.3) is 11.5 Å². The van der Waals surface area contributed by atoms with Crippen LogP contribution in [0, 0.1) is 17.0 Å². The number of nitro groups is 1. The summed E-state index contributed by atoms with van der Waals surface area (Å²) in [5.41, 5.74) is 1.03. The fourth-order valence-corrected chi connectivity index (χ4v) is 1.91.